The van der Waals surface area contributed by atoms with E-state index in [-0.39, 0.29) is 11.8 Å². The van der Waals surface area contributed by atoms with Gasteiger partial charge in [-0.25, -0.2) is 4.39 Å². The molecule has 1 unspecified atom stereocenters. The van der Waals surface area contributed by atoms with Crippen molar-refractivity contribution in [2.24, 2.45) is 0 Å². The van der Waals surface area contributed by atoms with Gasteiger partial charge in [-0.15, -0.1) is 0 Å². The summed E-state index contributed by atoms with van der Waals surface area (Å²) in [6, 6.07) is 4.83. The van der Waals surface area contributed by atoms with E-state index in [1.54, 1.807) is 6.07 Å². The molecule has 0 fully saturated rings. The highest BCUT2D eigenvalue weighted by molar-refractivity contribution is 9.10. The molecule has 17 heavy (non-hydrogen) atoms. The van der Waals surface area contributed by atoms with E-state index in [1.807, 2.05) is 6.07 Å². The van der Waals surface area contributed by atoms with E-state index >= 15 is 0 Å². The minimum absolute atomic E-state index is 0.298. The van der Waals surface area contributed by atoms with Crippen LogP contribution in [0.5, 0.6) is 0 Å². The molecule has 0 aliphatic heterocycles. The molecular weight excluding hydrogens is 357 g/mol. The Balaban J connectivity index is 2.46. The molecule has 6 heteroatoms. The van der Waals surface area contributed by atoms with Crippen LogP contribution in [0.25, 0.3) is 0 Å². The zero-order valence-electron chi connectivity index (χ0n) is 9.17. The smallest absolute Gasteiger partial charge is 0.320 e. The van der Waals surface area contributed by atoms with Crippen LogP contribution in [0.4, 0.5) is 4.39 Å². The van der Waals surface area contributed by atoms with Crippen LogP contribution in [-0.4, -0.2) is 24.5 Å². The number of carbonyl (C=O) groups excluding carboxylic acids is 1. The molecule has 0 aromatic heterocycles. The summed E-state index contributed by atoms with van der Waals surface area (Å²) >= 11 is 6.36. The second kappa shape index (κ2) is 7.08. The van der Waals surface area contributed by atoms with E-state index in [1.165, 1.54) is 13.2 Å². The Bertz CT molecular complexity index is 401. The fourth-order valence-corrected chi connectivity index (χ4v) is 2.05. The molecule has 0 spiro atoms. The summed E-state index contributed by atoms with van der Waals surface area (Å²) in [5, 5.41) is 3.04. The average molecular weight is 369 g/mol. The Morgan fingerprint density at radius 2 is 2.29 bits per heavy atom. The van der Waals surface area contributed by atoms with E-state index in [2.05, 4.69) is 41.9 Å². The first kappa shape index (κ1) is 14.6. The number of esters is 1. The third-order valence-electron chi connectivity index (χ3n) is 2.13. The summed E-state index contributed by atoms with van der Waals surface area (Å²) < 4.78 is 18.2. The summed E-state index contributed by atoms with van der Waals surface area (Å²) in [6.45, 7) is 0.882. The molecule has 1 rings (SSSR count). The van der Waals surface area contributed by atoms with Gasteiger partial charge in [0.15, 0.2) is 0 Å². The predicted octanol–water partition coefficient (Wildman–Crippen LogP) is 2.61. The molecule has 0 saturated heterocycles. The number of benzene rings is 1. The van der Waals surface area contributed by atoms with Gasteiger partial charge in [-0.1, -0.05) is 28.1 Å². The largest absolute Gasteiger partial charge is 0.468 e. The Labute approximate surface area is 116 Å². The Kier molecular flexibility index (Phi) is 6.08. The standard InChI is InChI=1S/C11H12Br2FNO2/c1-17-11(16)8(12)6-15-5-7-3-2-4-9(14)10(7)13/h2-4,8,15H,5-6H2,1H3. The van der Waals surface area contributed by atoms with Crippen LogP contribution in [0.3, 0.4) is 0 Å². The van der Waals surface area contributed by atoms with Crippen LogP contribution in [0, 0.1) is 5.82 Å². The van der Waals surface area contributed by atoms with E-state index < -0.39 is 4.83 Å². The zero-order valence-corrected chi connectivity index (χ0v) is 12.3. The summed E-state index contributed by atoms with van der Waals surface area (Å²) in [4.78, 5) is 10.7. The van der Waals surface area contributed by atoms with Crippen LogP contribution >= 0.6 is 31.9 Å². The maximum Gasteiger partial charge on any atom is 0.320 e. The molecule has 0 amide bonds. The van der Waals surface area contributed by atoms with Gasteiger partial charge in [0.1, 0.15) is 10.6 Å². The minimum atomic E-state index is -0.403. The summed E-state index contributed by atoms with van der Waals surface area (Å²) in [5.41, 5.74) is 0.801. The molecule has 0 aliphatic rings. The van der Waals surface area contributed by atoms with Gasteiger partial charge in [-0.05, 0) is 27.6 Å². The molecule has 1 aromatic rings. The van der Waals surface area contributed by atoms with Crippen LogP contribution < -0.4 is 5.32 Å². The highest BCUT2D eigenvalue weighted by atomic mass is 79.9. The summed E-state index contributed by atoms with van der Waals surface area (Å²) in [5.74, 6) is -0.636. The molecule has 0 aliphatic carbocycles. The quantitative estimate of drug-likeness (QED) is 0.641. The number of alkyl halides is 1. The van der Waals surface area contributed by atoms with Crippen molar-refractivity contribution in [3.63, 3.8) is 0 Å². The molecule has 1 aromatic carbocycles. The number of carbonyl (C=O) groups is 1. The molecule has 0 heterocycles. The maximum absolute atomic E-state index is 13.2. The number of hydrogen-bond acceptors (Lipinski definition) is 3. The lowest BCUT2D eigenvalue weighted by Gasteiger charge is -2.10. The molecule has 0 bridgehead atoms. The highest BCUT2D eigenvalue weighted by Crippen LogP contribution is 2.20. The van der Waals surface area contributed by atoms with E-state index in [0.29, 0.717) is 17.6 Å². The van der Waals surface area contributed by atoms with Crippen molar-refractivity contribution in [1.82, 2.24) is 5.32 Å². The molecular formula is C11H12Br2FNO2. The highest BCUT2D eigenvalue weighted by Gasteiger charge is 2.14. The van der Waals surface area contributed by atoms with E-state index in [0.717, 1.165) is 5.56 Å². The van der Waals surface area contributed by atoms with Crippen LogP contribution in [0.2, 0.25) is 0 Å². The van der Waals surface area contributed by atoms with Gasteiger partial charge in [-0.3, -0.25) is 4.79 Å². The van der Waals surface area contributed by atoms with Crippen molar-refractivity contribution in [1.29, 1.82) is 0 Å². The second-order valence-electron chi connectivity index (χ2n) is 3.33. The molecule has 1 atom stereocenters. The van der Waals surface area contributed by atoms with Crippen molar-refractivity contribution < 1.29 is 13.9 Å². The first-order chi connectivity index (χ1) is 8.06. The van der Waals surface area contributed by atoms with E-state index in [9.17, 15) is 9.18 Å². The number of ether oxygens (including phenoxy) is 1. The third-order valence-corrected chi connectivity index (χ3v) is 3.71. The minimum Gasteiger partial charge on any atom is -0.468 e. The Morgan fingerprint density at radius 3 is 2.94 bits per heavy atom. The topological polar surface area (TPSA) is 38.3 Å². The summed E-state index contributed by atoms with van der Waals surface area (Å²) in [7, 11) is 1.33. The fraction of sp³-hybridized carbons (Fsp3) is 0.364. The van der Waals surface area contributed by atoms with Gasteiger partial charge in [-0.2, -0.15) is 0 Å². The summed E-state index contributed by atoms with van der Waals surface area (Å²) in [6.07, 6.45) is 0. The lowest BCUT2D eigenvalue weighted by Crippen LogP contribution is -2.29. The lowest BCUT2D eigenvalue weighted by atomic mass is 10.2. The van der Waals surface area contributed by atoms with Crippen molar-refractivity contribution in [2.75, 3.05) is 13.7 Å². The monoisotopic (exact) mass is 367 g/mol. The molecule has 94 valence electrons. The van der Waals surface area contributed by atoms with Crippen LogP contribution in [0.1, 0.15) is 5.56 Å². The van der Waals surface area contributed by atoms with Gasteiger partial charge in [0.25, 0.3) is 0 Å². The zero-order chi connectivity index (χ0) is 12.8. The van der Waals surface area contributed by atoms with Gasteiger partial charge in [0, 0.05) is 13.1 Å². The molecule has 1 N–H and O–H groups in total. The van der Waals surface area contributed by atoms with Gasteiger partial charge in [0.2, 0.25) is 0 Å². The van der Waals surface area contributed by atoms with Crippen LogP contribution in [-0.2, 0) is 16.1 Å². The van der Waals surface area contributed by atoms with Gasteiger partial charge >= 0.3 is 5.97 Å². The van der Waals surface area contributed by atoms with Crippen LogP contribution in [0.15, 0.2) is 22.7 Å². The number of halogens is 3. The predicted molar refractivity (Wildman–Crippen MR) is 70.5 cm³/mol. The SMILES string of the molecule is COC(=O)C(Br)CNCc1cccc(F)c1Br. The molecule has 3 nitrogen and oxygen atoms in total. The van der Waals surface area contributed by atoms with Crippen molar-refractivity contribution >= 4 is 37.8 Å². The number of hydrogen-bond donors (Lipinski definition) is 1. The number of rotatable bonds is 5. The first-order valence-corrected chi connectivity index (χ1v) is 6.62. The number of methoxy groups -OCH3 is 1. The first-order valence-electron chi connectivity index (χ1n) is 4.91. The molecule has 0 saturated carbocycles. The van der Waals surface area contributed by atoms with Crippen molar-refractivity contribution in [2.45, 2.75) is 11.4 Å². The maximum atomic E-state index is 13.2. The fourth-order valence-electron chi connectivity index (χ4n) is 1.23. The number of nitrogens with one attached hydrogen (secondary N) is 1. The lowest BCUT2D eigenvalue weighted by molar-refractivity contribution is -0.139. The van der Waals surface area contributed by atoms with Crippen molar-refractivity contribution in [3.05, 3.63) is 34.1 Å². The second-order valence-corrected chi connectivity index (χ2v) is 5.23. The third kappa shape index (κ3) is 4.37. The molecule has 0 radical (unpaired) electrons. The van der Waals surface area contributed by atoms with Gasteiger partial charge < -0.3 is 10.1 Å². The van der Waals surface area contributed by atoms with Gasteiger partial charge in [0.05, 0.1) is 11.6 Å². The van der Waals surface area contributed by atoms with Crippen molar-refractivity contribution in [3.8, 4) is 0 Å². The normalized spacial score (nSPS) is 12.2. The Hall–Kier alpha value is -0.460. The Morgan fingerprint density at radius 1 is 1.59 bits per heavy atom. The average Bonchev–Trinajstić information content (AvgIpc) is 2.33. The van der Waals surface area contributed by atoms with E-state index in [4.69, 9.17) is 0 Å².